The predicted molar refractivity (Wildman–Crippen MR) is 55.3 cm³/mol. The maximum absolute atomic E-state index is 11.4. The van der Waals surface area contributed by atoms with Gasteiger partial charge in [0.05, 0.1) is 6.61 Å². The average Bonchev–Trinajstić information content (AvgIpc) is 2.13. The summed E-state index contributed by atoms with van der Waals surface area (Å²) in [5.41, 5.74) is 0. The van der Waals surface area contributed by atoms with Crippen LogP contribution in [0.4, 0.5) is 0 Å². The van der Waals surface area contributed by atoms with Crippen molar-refractivity contribution in [3.05, 3.63) is 0 Å². The van der Waals surface area contributed by atoms with Gasteiger partial charge in [0, 0.05) is 12.3 Å². The van der Waals surface area contributed by atoms with E-state index in [0.29, 0.717) is 0 Å². The summed E-state index contributed by atoms with van der Waals surface area (Å²) in [6.07, 6.45) is -0.0498. The molecule has 0 aliphatic heterocycles. The van der Waals surface area contributed by atoms with Gasteiger partial charge >= 0.3 is 5.97 Å². The van der Waals surface area contributed by atoms with Gasteiger partial charge in [0.15, 0.2) is 0 Å². The van der Waals surface area contributed by atoms with Gasteiger partial charge in [-0.1, -0.05) is 13.8 Å². The van der Waals surface area contributed by atoms with Crippen LogP contribution in [0.5, 0.6) is 0 Å². The van der Waals surface area contributed by atoms with Crippen LogP contribution < -0.4 is 0 Å². The van der Waals surface area contributed by atoms with Gasteiger partial charge in [-0.25, -0.2) is 0 Å². The molecule has 4 heteroatoms. The van der Waals surface area contributed by atoms with Gasteiger partial charge in [-0.3, -0.25) is 14.4 Å². The molecule has 0 aromatic heterocycles. The highest BCUT2D eigenvalue weighted by atomic mass is 16.5. The van der Waals surface area contributed by atoms with E-state index in [1.54, 1.807) is 20.8 Å². The van der Waals surface area contributed by atoms with Crippen molar-refractivity contribution in [3.8, 4) is 0 Å². The third-order valence-corrected chi connectivity index (χ3v) is 2.11. The van der Waals surface area contributed by atoms with Crippen LogP contribution in [-0.4, -0.2) is 24.1 Å². The molecule has 86 valence electrons. The molecule has 0 amide bonds. The van der Waals surface area contributed by atoms with Crippen molar-refractivity contribution in [2.45, 2.75) is 34.1 Å². The number of carbonyl (C=O) groups excluding carboxylic acids is 3. The number of ether oxygens (including phenoxy) is 1. The highest BCUT2D eigenvalue weighted by molar-refractivity contribution is 6.01. The number of hydrogen-bond acceptors (Lipinski definition) is 4. The number of Topliss-reactive ketones (excluding diaryl/α,β-unsaturated/α-hetero) is 2. The molecule has 0 heterocycles. The topological polar surface area (TPSA) is 60.4 Å². The molecular weight excluding hydrogens is 196 g/mol. The highest BCUT2D eigenvalue weighted by Crippen LogP contribution is 2.12. The molecule has 0 unspecified atom stereocenters. The normalized spacial score (nSPS) is 12.3. The van der Waals surface area contributed by atoms with E-state index in [-0.39, 0.29) is 30.5 Å². The Morgan fingerprint density at radius 2 is 1.73 bits per heavy atom. The average molecular weight is 214 g/mol. The van der Waals surface area contributed by atoms with E-state index in [4.69, 9.17) is 4.74 Å². The molecule has 0 radical (unpaired) electrons. The highest BCUT2D eigenvalue weighted by Gasteiger charge is 2.28. The fraction of sp³-hybridized carbons (Fsp3) is 0.727. The molecule has 0 N–H and O–H groups in total. The molecule has 0 aliphatic rings. The molecule has 0 aromatic carbocycles. The Morgan fingerprint density at radius 1 is 1.20 bits per heavy atom. The molecule has 0 saturated heterocycles. The van der Waals surface area contributed by atoms with Gasteiger partial charge in [0.25, 0.3) is 0 Å². The van der Waals surface area contributed by atoms with Crippen LogP contribution in [0.1, 0.15) is 34.1 Å². The van der Waals surface area contributed by atoms with Crippen LogP contribution in [0.15, 0.2) is 0 Å². The van der Waals surface area contributed by atoms with Crippen LogP contribution in [-0.2, 0) is 19.1 Å². The van der Waals surface area contributed by atoms with E-state index in [1.165, 1.54) is 6.92 Å². The van der Waals surface area contributed by atoms with Crippen LogP contribution in [0.3, 0.4) is 0 Å². The zero-order chi connectivity index (χ0) is 12.0. The number of carbonyl (C=O) groups is 3. The minimum absolute atomic E-state index is 0.0498. The number of rotatable bonds is 6. The predicted octanol–water partition coefficient (Wildman–Crippen LogP) is 1.37. The van der Waals surface area contributed by atoms with Gasteiger partial charge in [-0.15, -0.1) is 0 Å². The molecule has 0 spiro atoms. The molecule has 15 heavy (non-hydrogen) atoms. The Labute approximate surface area is 90.0 Å². The Kier molecular flexibility index (Phi) is 5.82. The summed E-state index contributed by atoms with van der Waals surface area (Å²) in [5, 5.41) is 0. The Balaban J connectivity index is 4.48. The second kappa shape index (κ2) is 6.32. The van der Waals surface area contributed by atoms with Crippen molar-refractivity contribution in [2.75, 3.05) is 6.61 Å². The number of ketones is 2. The van der Waals surface area contributed by atoms with Crippen LogP contribution >= 0.6 is 0 Å². The molecule has 0 rings (SSSR count). The minimum Gasteiger partial charge on any atom is -0.465 e. The summed E-state index contributed by atoms with van der Waals surface area (Å²) in [4.78, 5) is 33.9. The lowest BCUT2D eigenvalue weighted by molar-refractivity contribution is -0.153. The third-order valence-electron chi connectivity index (χ3n) is 2.11. The van der Waals surface area contributed by atoms with E-state index in [1.807, 2.05) is 0 Å². The second-order valence-electron chi connectivity index (χ2n) is 3.74. The Morgan fingerprint density at radius 3 is 2.07 bits per heavy atom. The lowest BCUT2D eigenvalue weighted by Crippen LogP contribution is -2.28. The van der Waals surface area contributed by atoms with E-state index in [9.17, 15) is 14.4 Å². The number of hydrogen-bond donors (Lipinski definition) is 0. The number of esters is 1. The molecule has 0 saturated carbocycles. The van der Waals surface area contributed by atoms with Gasteiger partial charge < -0.3 is 4.74 Å². The SMILES string of the molecule is CCOC(=O)[C@@H](CC(=O)C(C)C)C(C)=O. The Hall–Kier alpha value is -1.19. The van der Waals surface area contributed by atoms with Crippen molar-refractivity contribution in [3.63, 3.8) is 0 Å². The summed E-state index contributed by atoms with van der Waals surface area (Å²) in [6, 6.07) is 0. The minimum atomic E-state index is -0.931. The maximum Gasteiger partial charge on any atom is 0.316 e. The maximum atomic E-state index is 11.4. The van der Waals surface area contributed by atoms with Crippen molar-refractivity contribution in [1.29, 1.82) is 0 Å². The summed E-state index contributed by atoms with van der Waals surface area (Å²) in [6.45, 7) is 6.67. The molecular formula is C11H18O4. The van der Waals surface area contributed by atoms with Crippen molar-refractivity contribution in [2.24, 2.45) is 11.8 Å². The monoisotopic (exact) mass is 214 g/mol. The fourth-order valence-electron chi connectivity index (χ4n) is 1.07. The van der Waals surface area contributed by atoms with Gasteiger partial charge in [0.1, 0.15) is 17.5 Å². The zero-order valence-corrected chi connectivity index (χ0v) is 9.70. The third kappa shape index (κ3) is 4.72. The first-order chi connectivity index (χ1) is 6.90. The van der Waals surface area contributed by atoms with E-state index < -0.39 is 11.9 Å². The molecule has 1 atom stereocenters. The van der Waals surface area contributed by atoms with E-state index in [0.717, 1.165) is 0 Å². The first-order valence-corrected chi connectivity index (χ1v) is 5.09. The van der Waals surface area contributed by atoms with Crippen LogP contribution in [0.2, 0.25) is 0 Å². The molecule has 4 nitrogen and oxygen atoms in total. The lowest BCUT2D eigenvalue weighted by Gasteiger charge is -2.12. The smallest absolute Gasteiger partial charge is 0.316 e. The standard InChI is InChI=1S/C11H18O4/c1-5-15-11(14)9(8(4)12)6-10(13)7(2)3/h7,9H,5-6H2,1-4H3/t9-/m0/s1. The Bertz CT molecular complexity index is 255. The first-order valence-electron chi connectivity index (χ1n) is 5.09. The quantitative estimate of drug-likeness (QED) is 0.495. The summed E-state index contributed by atoms with van der Waals surface area (Å²) in [5.74, 6) is -2.11. The summed E-state index contributed by atoms with van der Waals surface area (Å²) >= 11 is 0. The molecule has 0 bridgehead atoms. The van der Waals surface area contributed by atoms with Crippen molar-refractivity contribution >= 4 is 17.5 Å². The largest absolute Gasteiger partial charge is 0.465 e. The van der Waals surface area contributed by atoms with E-state index in [2.05, 4.69) is 0 Å². The second-order valence-corrected chi connectivity index (χ2v) is 3.74. The first kappa shape index (κ1) is 13.8. The summed E-state index contributed by atoms with van der Waals surface area (Å²) in [7, 11) is 0. The van der Waals surface area contributed by atoms with Gasteiger partial charge in [0.2, 0.25) is 0 Å². The van der Waals surface area contributed by atoms with Crippen molar-refractivity contribution in [1.82, 2.24) is 0 Å². The molecule has 0 fully saturated rings. The van der Waals surface area contributed by atoms with Crippen molar-refractivity contribution < 1.29 is 19.1 Å². The van der Waals surface area contributed by atoms with Gasteiger partial charge in [-0.05, 0) is 13.8 Å². The zero-order valence-electron chi connectivity index (χ0n) is 9.70. The molecule has 0 aliphatic carbocycles. The van der Waals surface area contributed by atoms with Crippen LogP contribution in [0, 0.1) is 11.8 Å². The molecule has 0 aromatic rings. The summed E-state index contributed by atoms with van der Waals surface area (Å²) < 4.78 is 4.73. The lowest BCUT2D eigenvalue weighted by atomic mass is 9.94. The van der Waals surface area contributed by atoms with Gasteiger partial charge in [-0.2, -0.15) is 0 Å². The van der Waals surface area contributed by atoms with Crippen LogP contribution in [0.25, 0.3) is 0 Å². The van der Waals surface area contributed by atoms with E-state index >= 15 is 0 Å². The fourth-order valence-corrected chi connectivity index (χ4v) is 1.07.